The standard InChI is InChI=1S/C31H37N2P/c1-5-32(6-2)34(33(7-3)8-4)30(27-20-14-10-15-21-27)24-29(26-18-12-9-13-19-26)25-31(34)28-22-16-11-17-23-28/h9-25H,5-8H2,1-4H3. The molecule has 3 aromatic carbocycles. The van der Waals surface area contributed by atoms with Crippen LogP contribution in [0.4, 0.5) is 0 Å². The molecule has 1 heterocycles. The molecule has 0 unspecified atom stereocenters. The van der Waals surface area contributed by atoms with Gasteiger partial charge in [0.05, 0.1) is 7.19 Å². The highest BCUT2D eigenvalue weighted by atomic mass is 31.2. The van der Waals surface area contributed by atoms with Gasteiger partial charge < -0.3 is 0 Å². The molecule has 0 atom stereocenters. The minimum Gasteiger partial charge on any atom is -0.268 e. The van der Waals surface area contributed by atoms with Crippen molar-refractivity contribution in [2.45, 2.75) is 27.7 Å². The summed E-state index contributed by atoms with van der Waals surface area (Å²) < 4.78 is 5.50. The van der Waals surface area contributed by atoms with E-state index in [9.17, 15) is 0 Å². The van der Waals surface area contributed by atoms with Crippen molar-refractivity contribution in [1.82, 2.24) is 9.34 Å². The van der Waals surface area contributed by atoms with Gasteiger partial charge in [0.25, 0.3) is 0 Å². The summed E-state index contributed by atoms with van der Waals surface area (Å²) in [4.78, 5) is 0. The summed E-state index contributed by atoms with van der Waals surface area (Å²) >= 11 is 0. The minimum atomic E-state index is -2.06. The topological polar surface area (TPSA) is 6.48 Å². The van der Waals surface area contributed by atoms with Crippen LogP contribution in [0.1, 0.15) is 44.4 Å². The maximum atomic E-state index is 2.75. The molecule has 2 nitrogen and oxygen atoms in total. The molecule has 3 heteroatoms. The zero-order valence-electron chi connectivity index (χ0n) is 21.0. The largest absolute Gasteiger partial charge is 0.268 e. The van der Waals surface area contributed by atoms with Crippen LogP contribution in [0.25, 0.3) is 10.9 Å². The number of allylic oxidation sites excluding steroid dienone is 3. The van der Waals surface area contributed by atoms with Crippen LogP contribution in [0.2, 0.25) is 0 Å². The van der Waals surface area contributed by atoms with Gasteiger partial charge in [-0.2, -0.15) is 0 Å². The first kappa shape index (κ1) is 24.5. The van der Waals surface area contributed by atoms with Gasteiger partial charge in [0, 0.05) is 36.8 Å². The fourth-order valence-corrected chi connectivity index (χ4v) is 10.4. The summed E-state index contributed by atoms with van der Waals surface area (Å²) in [6.45, 7) is 13.3. The number of hydrogen-bond donors (Lipinski definition) is 0. The van der Waals surface area contributed by atoms with Crippen molar-refractivity contribution in [3.8, 4) is 0 Å². The average Bonchev–Trinajstić information content (AvgIpc) is 2.91. The highest BCUT2D eigenvalue weighted by molar-refractivity contribution is 7.82. The third-order valence-electron chi connectivity index (χ3n) is 6.78. The van der Waals surface area contributed by atoms with Gasteiger partial charge in [-0.15, -0.1) is 0 Å². The molecule has 34 heavy (non-hydrogen) atoms. The van der Waals surface area contributed by atoms with Gasteiger partial charge in [0.15, 0.2) is 0 Å². The number of benzene rings is 3. The van der Waals surface area contributed by atoms with Crippen molar-refractivity contribution < 1.29 is 0 Å². The van der Waals surface area contributed by atoms with Crippen molar-refractivity contribution in [2.75, 3.05) is 26.2 Å². The molecule has 0 bridgehead atoms. The van der Waals surface area contributed by atoms with E-state index in [-0.39, 0.29) is 0 Å². The van der Waals surface area contributed by atoms with Crippen LogP contribution in [0.3, 0.4) is 0 Å². The van der Waals surface area contributed by atoms with Crippen molar-refractivity contribution in [1.29, 1.82) is 0 Å². The van der Waals surface area contributed by atoms with E-state index in [4.69, 9.17) is 0 Å². The van der Waals surface area contributed by atoms with Gasteiger partial charge in [0.2, 0.25) is 0 Å². The second-order valence-corrected chi connectivity index (χ2v) is 11.8. The molecular weight excluding hydrogens is 431 g/mol. The molecule has 0 aromatic heterocycles. The van der Waals surface area contributed by atoms with Crippen molar-refractivity contribution >= 4 is 23.4 Å². The lowest BCUT2D eigenvalue weighted by atomic mass is 10.0. The molecule has 0 spiro atoms. The Morgan fingerprint density at radius 2 is 0.912 bits per heavy atom. The van der Waals surface area contributed by atoms with Crippen LogP contribution in [0, 0.1) is 0 Å². The SMILES string of the molecule is CCN(CC)P1(N(CC)CC)=C(c2ccccc2)C=C(c2ccccc2)C=C1c1ccccc1. The van der Waals surface area contributed by atoms with Gasteiger partial charge in [-0.3, -0.25) is 9.34 Å². The summed E-state index contributed by atoms with van der Waals surface area (Å²) in [6.07, 6.45) is 4.98. The second-order valence-electron chi connectivity index (χ2n) is 8.49. The minimum absolute atomic E-state index is 1.01. The van der Waals surface area contributed by atoms with Crippen LogP contribution in [-0.4, -0.2) is 40.8 Å². The molecule has 0 N–H and O–H groups in total. The quantitative estimate of drug-likeness (QED) is 0.295. The summed E-state index contributed by atoms with van der Waals surface area (Å²) in [5.41, 5.74) is 5.20. The highest BCUT2D eigenvalue weighted by Crippen LogP contribution is 2.68. The second kappa shape index (κ2) is 11.2. The maximum absolute atomic E-state index is 2.75. The predicted molar refractivity (Wildman–Crippen MR) is 152 cm³/mol. The van der Waals surface area contributed by atoms with E-state index in [1.807, 2.05) is 0 Å². The molecule has 1 aliphatic rings. The third kappa shape index (κ3) is 4.39. The number of nitrogens with zero attached hydrogens (tertiary/aromatic N) is 2. The van der Waals surface area contributed by atoms with E-state index in [0.717, 1.165) is 26.2 Å². The van der Waals surface area contributed by atoms with Gasteiger partial charge in [0.1, 0.15) is 0 Å². The van der Waals surface area contributed by atoms with Gasteiger partial charge in [-0.1, -0.05) is 119 Å². The Hall–Kier alpha value is -2.64. The molecular formula is C31H37N2P. The van der Waals surface area contributed by atoms with E-state index < -0.39 is 7.19 Å². The fraction of sp³-hybridized carbons (Fsp3) is 0.258. The zero-order valence-corrected chi connectivity index (χ0v) is 21.9. The monoisotopic (exact) mass is 468 g/mol. The molecule has 0 radical (unpaired) electrons. The number of rotatable bonds is 9. The summed E-state index contributed by atoms with van der Waals surface area (Å²) in [7, 11) is -2.06. The normalized spacial score (nSPS) is 15.4. The average molecular weight is 469 g/mol. The summed E-state index contributed by atoms with van der Waals surface area (Å²) in [5.74, 6) is 0. The van der Waals surface area contributed by atoms with E-state index in [1.165, 1.54) is 32.9 Å². The molecule has 0 amide bonds. The fourth-order valence-electron chi connectivity index (χ4n) is 5.24. The Bertz CT molecular complexity index is 1170. The van der Waals surface area contributed by atoms with Crippen LogP contribution in [0.5, 0.6) is 0 Å². The smallest absolute Gasteiger partial charge is 0.0527 e. The first-order valence-electron chi connectivity index (χ1n) is 12.6. The zero-order chi connectivity index (χ0) is 24.0. The van der Waals surface area contributed by atoms with E-state index in [2.05, 4.69) is 140 Å². The number of hydrogen-bond acceptors (Lipinski definition) is 2. The van der Waals surface area contributed by atoms with Gasteiger partial charge in [-0.05, 0) is 34.4 Å². The molecule has 4 rings (SSSR count). The summed E-state index contributed by atoms with van der Waals surface area (Å²) in [6, 6.07) is 33.0. The predicted octanol–water partition coefficient (Wildman–Crippen LogP) is 7.88. The molecule has 0 fully saturated rings. The highest BCUT2D eigenvalue weighted by Gasteiger charge is 2.39. The Morgan fingerprint density at radius 3 is 1.35 bits per heavy atom. The lowest BCUT2D eigenvalue weighted by Crippen LogP contribution is -2.36. The molecule has 0 saturated carbocycles. The maximum Gasteiger partial charge on any atom is 0.0527 e. The van der Waals surface area contributed by atoms with Crippen LogP contribution >= 0.6 is 7.19 Å². The summed E-state index contributed by atoms with van der Waals surface area (Å²) in [5, 5.41) is 2.92. The molecule has 176 valence electrons. The van der Waals surface area contributed by atoms with E-state index in [0.29, 0.717) is 0 Å². The molecule has 0 aliphatic carbocycles. The molecule has 1 aliphatic heterocycles. The van der Waals surface area contributed by atoms with Crippen molar-refractivity contribution in [3.05, 3.63) is 120 Å². The van der Waals surface area contributed by atoms with E-state index in [1.54, 1.807) is 0 Å². The van der Waals surface area contributed by atoms with Crippen LogP contribution in [-0.2, 0) is 0 Å². The Kier molecular flexibility index (Phi) is 8.06. The third-order valence-corrected chi connectivity index (χ3v) is 11.7. The molecule has 3 aromatic rings. The van der Waals surface area contributed by atoms with Crippen LogP contribution < -0.4 is 0 Å². The first-order chi connectivity index (χ1) is 16.7. The molecule has 0 saturated heterocycles. The van der Waals surface area contributed by atoms with Gasteiger partial charge >= 0.3 is 0 Å². The van der Waals surface area contributed by atoms with E-state index >= 15 is 0 Å². The Morgan fingerprint density at radius 1 is 0.500 bits per heavy atom. The first-order valence-corrected chi connectivity index (χ1v) is 14.3. The van der Waals surface area contributed by atoms with Gasteiger partial charge in [-0.25, -0.2) is 0 Å². The van der Waals surface area contributed by atoms with Crippen LogP contribution in [0.15, 0.2) is 103 Å². The lowest BCUT2D eigenvalue weighted by Gasteiger charge is -2.49. The Labute approximate surface area is 206 Å². The lowest BCUT2D eigenvalue weighted by molar-refractivity contribution is 0.427. The van der Waals surface area contributed by atoms with Crippen molar-refractivity contribution in [3.63, 3.8) is 0 Å². The van der Waals surface area contributed by atoms with Crippen molar-refractivity contribution in [2.24, 2.45) is 0 Å². The Balaban J connectivity index is 2.21.